The molecular weight excluding hydrogens is 263 g/mol. The standard InChI is InChI=1S/C14H13FN2OS/c15-16-12-2-1-10-8-17(9-11(10)7-12)19-14-5-3-13(18)4-6-14/h1-7,16,18H,8-9H2. The molecule has 5 heteroatoms. The molecule has 3 nitrogen and oxygen atoms in total. The molecule has 98 valence electrons. The number of phenols is 1. The zero-order valence-electron chi connectivity index (χ0n) is 10.1. The van der Waals surface area contributed by atoms with Crippen LogP contribution in [0.15, 0.2) is 47.4 Å². The second kappa shape index (κ2) is 5.11. The Kier molecular flexibility index (Phi) is 3.31. The fraction of sp³-hybridized carbons (Fsp3) is 0.143. The Bertz CT molecular complexity index is 588. The summed E-state index contributed by atoms with van der Waals surface area (Å²) in [5.74, 6) is 0.271. The number of rotatable bonds is 3. The van der Waals surface area contributed by atoms with Crippen molar-refractivity contribution < 1.29 is 9.59 Å². The van der Waals surface area contributed by atoms with Crippen molar-refractivity contribution in [2.75, 3.05) is 5.54 Å². The lowest BCUT2D eigenvalue weighted by atomic mass is 10.1. The van der Waals surface area contributed by atoms with Crippen molar-refractivity contribution in [3.05, 3.63) is 53.6 Å². The lowest BCUT2D eigenvalue weighted by Crippen LogP contribution is -2.05. The van der Waals surface area contributed by atoms with E-state index in [4.69, 9.17) is 0 Å². The number of phenolic OH excluding ortho intramolecular Hbond substituents is 1. The summed E-state index contributed by atoms with van der Waals surface area (Å²) < 4.78 is 14.6. The molecule has 0 amide bonds. The van der Waals surface area contributed by atoms with Crippen molar-refractivity contribution in [2.45, 2.75) is 18.0 Å². The third-order valence-electron chi connectivity index (χ3n) is 3.08. The molecule has 0 atom stereocenters. The van der Waals surface area contributed by atoms with E-state index in [1.165, 1.54) is 5.56 Å². The van der Waals surface area contributed by atoms with Crippen LogP contribution in [0.3, 0.4) is 0 Å². The van der Waals surface area contributed by atoms with Gasteiger partial charge in [-0.15, -0.1) is 4.48 Å². The summed E-state index contributed by atoms with van der Waals surface area (Å²) in [5, 5.41) is 9.25. The van der Waals surface area contributed by atoms with E-state index >= 15 is 0 Å². The summed E-state index contributed by atoms with van der Waals surface area (Å²) in [4.78, 5) is 1.08. The number of halogens is 1. The Hall–Kier alpha value is -1.72. The Balaban J connectivity index is 1.71. The van der Waals surface area contributed by atoms with Gasteiger partial charge in [-0.05, 0) is 59.5 Å². The monoisotopic (exact) mass is 276 g/mol. The van der Waals surface area contributed by atoms with E-state index in [2.05, 4.69) is 4.31 Å². The topological polar surface area (TPSA) is 35.5 Å². The Morgan fingerprint density at radius 2 is 1.79 bits per heavy atom. The molecule has 3 rings (SSSR count). The first-order chi connectivity index (χ1) is 9.24. The normalized spacial score (nSPS) is 14.4. The minimum absolute atomic E-state index is 0.271. The van der Waals surface area contributed by atoms with Crippen molar-refractivity contribution in [1.29, 1.82) is 0 Å². The first-order valence-electron chi connectivity index (χ1n) is 5.95. The van der Waals surface area contributed by atoms with Crippen LogP contribution in [0.2, 0.25) is 0 Å². The van der Waals surface area contributed by atoms with Crippen molar-refractivity contribution in [3.8, 4) is 5.75 Å². The van der Waals surface area contributed by atoms with Gasteiger partial charge in [-0.25, -0.2) is 9.84 Å². The molecule has 2 aromatic carbocycles. The molecule has 1 aliphatic rings. The number of hydrogen-bond donors (Lipinski definition) is 2. The molecule has 0 saturated carbocycles. The lowest BCUT2D eigenvalue weighted by molar-refractivity contribution is 0.474. The third-order valence-corrected chi connectivity index (χ3v) is 4.08. The predicted molar refractivity (Wildman–Crippen MR) is 74.4 cm³/mol. The highest BCUT2D eigenvalue weighted by Crippen LogP contribution is 2.34. The van der Waals surface area contributed by atoms with Gasteiger partial charge in [0.25, 0.3) is 0 Å². The van der Waals surface area contributed by atoms with E-state index in [1.54, 1.807) is 35.7 Å². The predicted octanol–water partition coefficient (Wildman–Crippen LogP) is 3.71. The molecule has 1 aliphatic heterocycles. The summed E-state index contributed by atoms with van der Waals surface area (Å²) in [6.45, 7) is 1.63. The maximum atomic E-state index is 12.4. The quantitative estimate of drug-likeness (QED) is 0.661. The third kappa shape index (κ3) is 2.67. The van der Waals surface area contributed by atoms with Gasteiger partial charge in [0.1, 0.15) is 5.75 Å². The zero-order chi connectivity index (χ0) is 13.2. The van der Waals surface area contributed by atoms with Gasteiger partial charge in [-0.3, -0.25) is 0 Å². The van der Waals surface area contributed by atoms with Gasteiger partial charge in [0.15, 0.2) is 0 Å². The zero-order valence-corrected chi connectivity index (χ0v) is 11.0. The lowest BCUT2D eigenvalue weighted by Gasteiger charge is -2.13. The molecule has 0 unspecified atom stereocenters. The molecule has 2 aromatic rings. The number of anilines is 1. The van der Waals surface area contributed by atoms with Crippen molar-refractivity contribution in [3.63, 3.8) is 0 Å². The molecular formula is C14H13FN2OS. The maximum absolute atomic E-state index is 12.4. The Labute approximate surface area is 115 Å². The van der Waals surface area contributed by atoms with Crippen molar-refractivity contribution >= 4 is 17.6 Å². The van der Waals surface area contributed by atoms with Crippen LogP contribution in [0, 0.1) is 0 Å². The van der Waals surface area contributed by atoms with Crippen LogP contribution in [0.25, 0.3) is 0 Å². The first-order valence-corrected chi connectivity index (χ1v) is 6.72. The van der Waals surface area contributed by atoms with E-state index in [0.29, 0.717) is 5.69 Å². The molecule has 1 heterocycles. The van der Waals surface area contributed by atoms with Crippen LogP contribution >= 0.6 is 11.9 Å². The molecule has 0 radical (unpaired) electrons. The number of aromatic hydroxyl groups is 1. The van der Waals surface area contributed by atoms with Gasteiger partial charge in [0.2, 0.25) is 0 Å². The SMILES string of the molecule is Oc1ccc(SN2Cc3ccc(NF)cc3C2)cc1. The summed E-state index contributed by atoms with van der Waals surface area (Å²) in [6, 6.07) is 12.7. The molecule has 0 saturated heterocycles. The number of benzene rings is 2. The van der Waals surface area contributed by atoms with E-state index < -0.39 is 0 Å². The van der Waals surface area contributed by atoms with Crippen molar-refractivity contribution in [2.24, 2.45) is 0 Å². The molecule has 0 fully saturated rings. The highest BCUT2D eigenvalue weighted by atomic mass is 32.2. The molecule has 0 bridgehead atoms. The molecule has 19 heavy (non-hydrogen) atoms. The average Bonchev–Trinajstić information content (AvgIpc) is 2.82. The van der Waals surface area contributed by atoms with Gasteiger partial charge in [-0.2, -0.15) is 0 Å². The molecule has 0 aliphatic carbocycles. The molecule has 0 aromatic heterocycles. The highest BCUT2D eigenvalue weighted by molar-refractivity contribution is 7.97. The second-order valence-electron chi connectivity index (χ2n) is 4.46. The van der Waals surface area contributed by atoms with Crippen LogP contribution in [-0.4, -0.2) is 9.41 Å². The minimum Gasteiger partial charge on any atom is -0.508 e. The van der Waals surface area contributed by atoms with Gasteiger partial charge < -0.3 is 5.11 Å². The number of fused-ring (bicyclic) bond motifs is 1. The van der Waals surface area contributed by atoms with Crippen molar-refractivity contribution in [1.82, 2.24) is 4.31 Å². The van der Waals surface area contributed by atoms with E-state index in [0.717, 1.165) is 23.5 Å². The van der Waals surface area contributed by atoms with E-state index in [-0.39, 0.29) is 5.75 Å². The summed E-state index contributed by atoms with van der Waals surface area (Å²) >= 11 is 1.64. The minimum atomic E-state index is 0.271. The molecule has 2 N–H and O–H groups in total. The number of hydrogen-bond acceptors (Lipinski definition) is 4. The largest absolute Gasteiger partial charge is 0.508 e. The Morgan fingerprint density at radius 3 is 2.53 bits per heavy atom. The fourth-order valence-corrected chi connectivity index (χ4v) is 3.11. The first kappa shape index (κ1) is 12.3. The second-order valence-corrected chi connectivity index (χ2v) is 5.63. The smallest absolute Gasteiger partial charge is 0.115 e. The average molecular weight is 276 g/mol. The van der Waals surface area contributed by atoms with Gasteiger partial charge in [0, 0.05) is 18.0 Å². The van der Waals surface area contributed by atoms with Gasteiger partial charge in [-0.1, -0.05) is 6.07 Å². The van der Waals surface area contributed by atoms with Crippen LogP contribution in [0.4, 0.5) is 10.2 Å². The van der Waals surface area contributed by atoms with Gasteiger partial charge >= 0.3 is 0 Å². The summed E-state index contributed by atoms with van der Waals surface area (Å²) in [5.41, 5.74) is 4.54. The van der Waals surface area contributed by atoms with Gasteiger partial charge in [0.05, 0.1) is 5.69 Å². The Morgan fingerprint density at radius 1 is 1.05 bits per heavy atom. The van der Waals surface area contributed by atoms with E-state index in [9.17, 15) is 9.59 Å². The number of nitrogens with zero attached hydrogens (tertiary/aromatic N) is 1. The fourth-order valence-electron chi connectivity index (χ4n) is 2.14. The maximum Gasteiger partial charge on any atom is 0.115 e. The van der Waals surface area contributed by atoms with Crippen LogP contribution < -0.4 is 5.54 Å². The van der Waals surface area contributed by atoms with E-state index in [1.807, 2.05) is 24.3 Å². The molecule has 0 spiro atoms. The van der Waals surface area contributed by atoms with Crippen LogP contribution in [0.1, 0.15) is 11.1 Å². The summed E-state index contributed by atoms with van der Waals surface area (Å²) in [6.07, 6.45) is 0. The van der Waals surface area contributed by atoms with Crippen LogP contribution in [-0.2, 0) is 13.1 Å². The summed E-state index contributed by atoms with van der Waals surface area (Å²) in [7, 11) is 0. The number of nitrogens with one attached hydrogen (secondary N) is 1. The highest BCUT2D eigenvalue weighted by Gasteiger charge is 2.20. The van der Waals surface area contributed by atoms with Crippen LogP contribution in [0.5, 0.6) is 5.75 Å².